The van der Waals surface area contributed by atoms with E-state index in [1.54, 1.807) is 18.2 Å². The zero-order valence-electron chi connectivity index (χ0n) is 17.5. The number of hydrogen-bond acceptors (Lipinski definition) is 7. The van der Waals surface area contributed by atoms with Gasteiger partial charge in [-0.3, -0.25) is 4.79 Å². The number of aromatic amines is 1. The molecule has 3 N–H and O–H groups in total. The maximum absolute atomic E-state index is 13.0. The average molecular weight is 438 g/mol. The van der Waals surface area contributed by atoms with E-state index in [1.165, 1.54) is 7.11 Å². The van der Waals surface area contributed by atoms with E-state index in [0.29, 0.717) is 33.9 Å². The molecule has 0 radical (unpaired) electrons. The van der Waals surface area contributed by atoms with Crippen LogP contribution in [-0.2, 0) is 9.53 Å². The molecule has 0 saturated heterocycles. The fourth-order valence-corrected chi connectivity index (χ4v) is 3.69. The van der Waals surface area contributed by atoms with Gasteiger partial charge < -0.3 is 15.4 Å². The molecule has 33 heavy (non-hydrogen) atoms. The lowest BCUT2D eigenvalue weighted by molar-refractivity contribution is -0.110. The topological polar surface area (TPSA) is 122 Å². The van der Waals surface area contributed by atoms with Crippen molar-refractivity contribution in [3.63, 3.8) is 0 Å². The molecule has 0 spiro atoms. The predicted molar refractivity (Wildman–Crippen MR) is 123 cm³/mol. The first kappa shape index (κ1) is 20.1. The van der Waals surface area contributed by atoms with Gasteiger partial charge >= 0.3 is 5.97 Å². The summed E-state index contributed by atoms with van der Waals surface area (Å²) in [6.07, 6.45) is 0. The van der Waals surface area contributed by atoms with Crippen molar-refractivity contribution in [1.82, 2.24) is 20.6 Å². The quantitative estimate of drug-likeness (QED) is 0.322. The number of H-pyrrole nitrogens is 1. The first-order valence-electron chi connectivity index (χ1n) is 10.1. The van der Waals surface area contributed by atoms with Gasteiger partial charge in [-0.05, 0) is 52.4 Å². The standard InChI is InChI=1S/C24H18N6O3/c1-33-24(32)16-9-12-18-19(13-16)26-23(31)20(18)21(14-5-3-2-4-6-14)25-17-10-7-15(8-11-17)22-27-29-30-28-22/h2-13,25H,1H3,(H,26,31)(H,27,28,29,30)/b21-20-. The number of carbonyl (C=O) groups excluding carboxylic acids is 2. The van der Waals surface area contributed by atoms with Gasteiger partial charge in [0, 0.05) is 16.8 Å². The van der Waals surface area contributed by atoms with Crippen LogP contribution in [0.5, 0.6) is 0 Å². The molecule has 0 saturated carbocycles. The molecule has 4 aromatic rings. The molecule has 0 bridgehead atoms. The summed E-state index contributed by atoms with van der Waals surface area (Å²) in [5.74, 6) is -0.163. The Balaban J connectivity index is 1.58. The Kier molecular flexibility index (Phi) is 5.12. The number of amides is 1. The van der Waals surface area contributed by atoms with Gasteiger partial charge in [0.15, 0.2) is 5.82 Å². The monoisotopic (exact) mass is 438 g/mol. The molecule has 9 nitrogen and oxygen atoms in total. The van der Waals surface area contributed by atoms with Crippen molar-refractivity contribution < 1.29 is 14.3 Å². The number of methoxy groups -OCH3 is 1. The van der Waals surface area contributed by atoms with Crippen LogP contribution in [0.1, 0.15) is 21.5 Å². The van der Waals surface area contributed by atoms with Crippen LogP contribution in [0.15, 0.2) is 72.8 Å². The summed E-state index contributed by atoms with van der Waals surface area (Å²) in [5, 5.41) is 20.1. The van der Waals surface area contributed by atoms with Crippen molar-refractivity contribution >= 4 is 34.5 Å². The third kappa shape index (κ3) is 3.83. The van der Waals surface area contributed by atoms with Gasteiger partial charge in [0.05, 0.1) is 29.6 Å². The largest absolute Gasteiger partial charge is 0.465 e. The fourth-order valence-electron chi connectivity index (χ4n) is 3.69. The summed E-state index contributed by atoms with van der Waals surface area (Å²) in [6, 6.07) is 22.1. The third-order valence-corrected chi connectivity index (χ3v) is 5.27. The van der Waals surface area contributed by atoms with Crippen molar-refractivity contribution in [2.45, 2.75) is 0 Å². The highest BCUT2D eigenvalue weighted by Crippen LogP contribution is 2.38. The molecule has 5 rings (SSSR count). The van der Waals surface area contributed by atoms with E-state index < -0.39 is 5.97 Å². The molecule has 9 heteroatoms. The van der Waals surface area contributed by atoms with Gasteiger partial charge in [0.2, 0.25) is 0 Å². The summed E-state index contributed by atoms with van der Waals surface area (Å²) in [4.78, 5) is 25.0. The van der Waals surface area contributed by atoms with Gasteiger partial charge in [0.1, 0.15) is 0 Å². The molecule has 2 heterocycles. The van der Waals surface area contributed by atoms with E-state index in [1.807, 2.05) is 54.6 Å². The number of anilines is 2. The predicted octanol–water partition coefficient (Wildman–Crippen LogP) is 3.59. The summed E-state index contributed by atoms with van der Waals surface area (Å²) in [7, 11) is 1.32. The summed E-state index contributed by atoms with van der Waals surface area (Å²) in [5.41, 5.74) is 5.21. The zero-order valence-corrected chi connectivity index (χ0v) is 17.5. The van der Waals surface area contributed by atoms with Crippen molar-refractivity contribution in [3.05, 3.63) is 89.5 Å². The van der Waals surface area contributed by atoms with Crippen LogP contribution in [0.3, 0.4) is 0 Å². The maximum Gasteiger partial charge on any atom is 0.337 e. The SMILES string of the molecule is COC(=O)c1ccc2c(c1)NC(=O)/C2=C(\Nc1ccc(-c2nnn[nH]2)cc1)c1ccccc1. The van der Waals surface area contributed by atoms with E-state index in [0.717, 1.165) is 16.8 Å². The van der Waals surface area contributed by atoms with E-state index in [2.05, 4.69) is 31.3 Å². The number of rotatable bonds is 5. The first-order valence-corrected chi connectivity index (χ1v) is 10.1. The number of nitrogens with zero attached hydrogens (tertiary/aromatic N) is 3. The molecular formula is C24H18N6O3. The summed E-state index contributed by atoms with van der Waals surface area (Å²) < 4.78 is 4.79. The Morgan fingerprint density at radius 2 is 1.76 bits per heavy atom. The molecule has 0 unspecified atom stereocenters. The number of esters is 1. The van der Waals surface area contributed by atoms with Crippen LogP contribution >= 0.6 is 0 Å². The van der Waals surface area contributed by atoms with Crippen LogP contribution in [0, 0.1) is 0 Å². The number of tetrazole rings is 1. The lowest BCUT2D eigenvalue weighted by Crippen LogP contribution is -2.10. The number of aromatic nitrogens is 4. The number of carbonyl (C=O) groups is 2. The highest BCUT2D eigenvalue weighted by molar-refractivity contribution is 6.37. The van der Waals surface area contributed by atoms with Crippen LogP contribution in [-0.4, -0.2) is 39.6 Å². The van der Waals surface area contributed by atoms with Crippen LogP contribution in [0.25, 0.3) is 22.7 Å². The molecule has 3 aromatic carbocycles. The number of ether oxygens (including phenoxy) is 1. The van der Waals surface area contributed by atoms with Gasteiger partial charge in [0.25, 0.3) is 5.91 Å². The molecule has 0 atom stereocenters. The lowest BCUT2D eigenvalue weighted by Gasteiger charge is -2.15. The molecule has 1 aromatic heterocycles. The minimum Gasteiger partial charge on any atom is -0.465 e. The highest BCUT2D eigenvalue weighted by atomic mass is 16.5. The second-order valence-electron chi connectivity index (χ2n) is 7.27. The van der Waals surface area contributed by atoms with Crippen molar-refractivity contribution in [3.8, 4) is 11.4 Å². The van der Waals surface area contributed by atoms with Crippen molar-refractivity contribution in [2.75, 3.05) is 17.7 Å². The van der Waals surface area contributed by atoms with E-state index in [9.17, 15) is 9.59 Å². The van der Waals surface area contributed by atoms with E-state index in [4.69, 9.17) is 4.74 Å². The van der Waals surface area contributed by atoms with E-state index in [-0.39, 0.29) is 5.91 Å². The first-order chi connectivity index (χ1) is 16.1. The molecule has 0 aliphatic carbocycles. The average Bonchev–Trinajstić information content (AvgIpc) is 3.50. The summed E-state index contributed by atoms with van der Waals surface area (Å²) >= 11 is 0. The van der Waals surface area contributed by atoms with Gasteiger partial charge in [-0.1, -0.05) is 36.4 Å². The van der Waals surface area contributed by atoms with Gasteiger partial charge in [-0.15, -0.1) is 5.10 Å². The molecule has 1 amide bonds. The Morgan fingerprint density at radius 1 is 0.970 bits per heavy atom. The molecule has 0 fully saturated rings. The number of benzene rings is 3. The minimum atomic E-state index is -0.465. The highest BCUT2D eigenvalue weighted by Gasteiger charge is 2.29. The number of nitrogens with one attached hydrogen (secondary N) is 3. The zero-order chi connectivity index (χ0) is 22.8. The van der Waals surface area contributed by atoms with Crippen LogP contribution < -0.4 is 10.6 Å². The van der Waals surface area contributed by atoms with Gasteiger partial charge in [-0.25, -0.2) is 9.89 Å². The molecule has 1 aliphatic rings. The smallest absolute Gasteiger partial charge is 0.337 e. The minimum absolute atomic E-state index is 0.261. The Labute approximate surface area is 188 Å². The Hall–Kier alpha value is -4.79. The second kappa shape index (κ2) is 8.39. The number of fused-ring (bicyclic) bond motifs is 1. The van der Waals surface area contributed by atoms with Gasteiger partial charge in [-0.2, -0.15) is 0 Å². The van der Waals surface area contributed by atoms with Crippen molar-refractivity contribution in [2.24, 2.45) is 0 Å². The maximum atomic E-state index is 13.0. The van der Waals surface area contributed by atoms with Crippen molar-refractivity contribution in [1.29, 1.82) is 0 Å². The Bertz CT molecular complexity index is 1360. The third-order valence-electron chi connectivity index (χ3n) is 5.27. The summed E-state index contributed by atoms with van der Waals surface area (Å²) in [6.45, 7) is 0. The molecule has 1 aliphatic heterocycles. The van der Waals surface area contributed by atoms with E-state index >= 15 is 0 Å². The molecule has 162 valence electrons. The van der Waals surface area contributed by atoms with Crippen LogP contribution in [0.4, 0.5) is 11.4 Å². The lowest BCUT2D eigenvalue weighted by atomic mass is 9.99. The van der Waals surface area contributed by atoms with Crippen LogP contribution in [0.2, 0.25) is 0 Å². The Morgan fingerprint density at radius 3 is 2.45 bits per heavy atom. The molecular weight excluding hydrogens is 420 g/mol. The number of hydrogen-bond donors (Lipinski definition) is 3. The fraction of sp³-hybridized carbons (Fsp3) is 0.0417. The second-order valence-corrected chi connectivity index (χ2v) is 7.27. The normalized spacial score (nSPS) is 13.8.